The quantitative estimate of drug-likeness (QED) is 0.810. The van der Waals surface area contributed by atoms with Crippen molar-refractivity contribution in [3.8, 4) is 11.5 Å². The average Bonchev–Trinajstić information content (AvgIpc) is 2.63. The van der Waals surface area contributed by atoms with E-state index in [4.69, 9.17) is 9.47 Å². The van der Waals surface area contributed by atoms with Crippen molar-refractivity contribution in [2.75, 3.05) is 25.5 Å². The summed E-state index contributed by atoms with van der Waals surface area (Å²) in [5.41, 5.74) is -0.938. The Morgan fingerprint density at radius 3 is 2.39 bits per heavy atom. The molecule has 2 aromatic carbocycles. The number of hydrogen-bond donors (Lipinski definition) is 1. The van der Waals surface area contributed by atoms with E-state index < -0.39 is 17.8 Å². The summed E-state index contributed by atoms with van der Waals surface area (Å²) < 4.78 is 50.6. The molecule has 8 heteroatoms. The van der Waals surface area contributed by atoms with Gasteiger partial charge >= 0.3 is 12.3 Å². The van der Waals surface area contributed by atoms with Crippen molar-refractivity contribution in [3.63, 3.8) is 0 Å². The summed E-state index contributed by atoms with van der Waals surface area (Å²) in [6.07, 6.45) is -4.15. The van der Waals surface area contributed by atoms with Crippen molar-refractivity contribution in [1.82, 2.24) is 4.90 Å². The van der Waals surface area contributed by atoms with Gasteiger partial charge in [-0.15, -0.1) is 0 Å². The van der Waals surface area contributed by atoms with E-state index in [1.807, 2.05) is 7.05 Å². The Morgan fingerprint density at radius 1 is 1.07 bits per heavy atom. The zero-order chi connectivity index (χ0) is 20.1. The number of anilines is 1. The van der Waals surface area contributed by atoms with E-state index in [0.29, 0.717) is 0 Å². The molecule has 1 aliphatic rings. The number of benzene rings is 2. The first-order valence-electron chi connectivity index (χ1n) is 8.91. The van der Waals surface area contributed by atoms with Crippen LogP contribution in [0.1, 0.15) is 18.4 Å². The van der Waals surface area contributed by atoms with Gasteiger partial charge in [0.1, 0.15) is 17.6 Å². The van der Waals surface area contributed by atoms with Gasteiger partial charge in [-0.05, 0) is 44.2 Å². The largest absolute Gasteiger partial charge is 0.490 e. The number of likely N-dealkylation sites (tertiary alicyclic amines) is 1. The number of carbonyl (C=O) groups is 1. The van der Waals surface area contributed by atoms with Crippen molar-refractivity contribution in [1.29, 1.82) is 0 Å². The number of carbonyl (C=O) groups excluding carboxylic acids is 1. The maximum Gasteiger partial charge on any atom is 0.417 e. The predicted octanol–water partition coefficient (Wildman–Crippen LogP) is 4.79. The summed E-state index contributed by atoms with van der Waals surface area (Å²) in [6, 6.07) is 11.4. The first-order valence-corrected chi connectivity index (χ1v) is 8.91. The Balaban J connectivity index is 1.74. The van der Waals surface area contributed by atoms with Crippen LogP contribution < -0.4 is 14.8 Å². The summed E-state index contributed by atoms with van der Waals surface area (Å²) in [7, 11) is 1.99. The molecule has 150 valence electrons. The van der Waals surface area contributed by atoms with Crippen molar-refractivity contribution < 1.29 is 27.4 Å². The molecule has 1 fully saturated rings. The fourth-order valence-corrected chi connectivity index (χ4v) is 2.94. The Labute approximate surface area is 161 Å². The molecule has 28 heavy (non-hydrogen) atoms. The molecule has 1 heterocycles. The van der Waals surface area contributed by atoms with Crippen LogP contribution in [-0.2, 0) is 6.18 Å². The molecule has 5 nitrogen and oxygen atoms in total. The van der Waals surface area contributed by atoms with Crippen molar-refractivity contribution >= 4 is 11.8 Å². The summed E-state index contributed by atoms with van der Waals surface area (Å²) in [5.74, 6) is 0.356. The molecule has 0 radical (unpaired) electrons. The molecule has 0 bridgehead atoms. The molecule has 0 aromatic heterocycles. The van der Waals surface area contributed by atoms with E-state index in [-0.39, 0.29) is 23.3 Å². The SMILES string of the molecule is CN1CCC(Oc2cc(NC(=O)Oc3ccccc3)cc(C(F)(F)F)c2)CC1. The van der Waals surface area contributed by atoms with Crippen LogP contribution in [0.5, 0.6) is 11.5 Å². The lowest BCUT2D eigenvalue weighted by Gasteiger charge is -2.29. The average molecular weight is 394 g/mol. The van der Waals surface area contributed by atoms with Gasteiger partial charge in [-0.3, -0.25) is 5.32 Å². The lowest BCUT2D eigenvalue weighted by Crippen LogP contribution is -2.35. The molecule has 1 saturated heterocycles. The molecule has 0 atom stereocenters. The van der Waals surface area contributed by atoms with Gasteiger partial charge in [-0.25, -0.2) is 4.79 Å². The van der Waals surface area contributed by atoms with Crippen LogP contribution in [0, 0.1) is 0 Å². The molecule has 1 amide bonds. The number of nitrogens with one attached hydrogen (secondary N) is 1. The van der Waals surface area contributed by atoms with Crippen molar-refractivity contribution in [2.24, 2.45) is 0 Å². The zero-order valence-corrected chi connectivity index (χ0v) is 15.3. The Hall–Kier alpha value is -2.74. The van der Waals surface area contributed by atoms with Gasteiger partial charge < -0.3 is 14.4 Å². The highest BCUT2D eigenvalue weighted by atomic mass is 19.4. The van der Waals surface area contributed by atoms with E-state index in [2.05, 4.69) is 10.2 Å². The molecule has 0 saturated carbocycles. The van der Waals surface area contributed by atoms with E-state index >= 15 is 0 Å². The third-order valence-electron chi connectivity index (χ3n) is 4.40. The highest BCUT2D eigenvalue weighted by Crippen LogP contribution is 2.35. The first-order chi connectivity index (χ1) is 13.3. The molecule has 0 spiro atoms. The fraction of sp³-hybridized carbons (Fsp3) is 0.350. The summed E-state index contributed by atoms with van der Waals surface area (Å²) in [4.78, 5) is 14.2. The molecule has 0 unspecified atom stereocenters. The van der Waals surface area contributed by atoms with Gasteiger partial charge in [0.05, 0.1) is 5.56 Å². The van der Waals surface area contributed by atoms with Crippen LogP contribution >= 0.6 is 0 Å². The van der Waals surface area contributed by atoms with E-state index in [0.717, 1.165) is 38.1 Å². The monoisotopic (exact) mass is 394 g/mol. The number of para-hydroxylation sites is 1. The number of amides is 1. The molecule has 0 aliphatic carbocycles. The highest BCUT2D eigenvalue weighted by molar-refractivity contribution is 5.86. The lowest BCUT2D eigenvalue weighted by molar-refractivity contribution is -0.137. The van der Waals surface area contributed by atoms with Crippen LogP contribution in [0.25, 0.3) is 0 Å². The Bertz CT molecular complexity index is 804. The normalized spacial score (nSPS) is 15.9. The second-order valence-corrected chi connectivity index (χ2v) is 6.69. The minimum Gasteiger partial charge on any atom is -0.490 e. The Kier molecular flexibility index (Phi) is 6.08. The smallest absolute Gasteiger partial charge is 0.417 e. The molecular weight excluding hydrogens is 373 g/mol. The highest BCUT2D eigenvalue weighted by Gasteiger charge is 2.32. The van der Waals surface area contributed by atoms with Crippen LogP contribution in [0.3, 0.4) is 0 Å². The Morgan fingerprint density at radius 2 is 1.75 bits per heavy atom. The predicted molar refractivity (Wildman–Crippen MR) is 98.7 cm³/mol. The van der Waals surface area contributed by atoms with Crippen LogP contribution in [0.4, 0.5) is 23.7 Å². The van der Waals surface area contributed by atoms with Gasteiger partial charge in [0.25, 0.3) is 0 Å². The van der Waals surface area contributed by atoms with Crippen molar-refractivity contribution in [2.45, 2.75) is 25.1 Å². The third-order valence-corrected chi connectivity index (χ3v) is 4.40. The second-order valence-electron chi connectivity index (χ2n) is 6.69. The summed E-state index contributed by atoms with van der Waals surface area (Å²) in [6.45, 7) is 1.64. The molecule has 1 aliphatic heterocycles. The lowest BCUT2D eigenvalue weighted by atomic mass is 10.1. The van der Waals surface area contributed by atoms with Gasteiger partial charge in [0.2, 0.25) is 0 Å². The second kappa shape index (κ2) is 8.52. The van der Waals surface area contributed by atoms with Crippen LogP contribution in [0.15, 0.2) is 48.5 Å². The third kappa shape index (κ3) is 5.63. The van der Waals surface area contributed by atoms with E-state index in [9.17, 15) is 18.0 Å². The fourth-order valence-electron chi connectivity index (χ4n) is 2.94. The number of ether oxygens (including phenoxy) is 2. The maximum absolute atomic E-state index is 13.3. The summed E-state index contributed by atoms with van der Waals surface area (Å²) in [5, 5.41) is 2.34. The van der Waals surface area contributed by atoms with Gasteiger partial charge in [-0.1, -0.05) is 18.2 Å². The minimum absolute atomic E-state index is 0.0429. The molecule has 3 rings (SSSR count). The number of alkyl halides is 3. The summed E-state index contributed by atoms with van der Waals surface area (Å²) >= 11 is 0. The number of halogens is 3. The number of rotatable bonds is 4. The van der Waals surface area contributed by atoms with Crippen LogP contribution in [0.2, 0.25) is 0 Å². The number of nitrogens with zero attached hydrogens (tertiary/aromatic N) is 1. The maximum atomic E-state index is 13.3. The molecule has 2 aromatic rings. The van der Waals surface area contributed by atoms with E-state index in [1.54, 1.807) is 30.3 Å². The topological polar surface area (TPSA) is 50.8 Å². The number of piperidine rings is 1. The van der Waals surface area contributed by atoms with Gasteiger partial charge in [0.15, 0.2) is 0 Å². The minimum atomic E-state index is -4.56. The zero-order valence-electron chi connectivity index (χ0n) is 15.3. The first kappa shape index (κ1) is 20.0. The van der Waals surface area contributed by atoms with Gasteiger partial charge in [-0.2, -0.15) is 13.2 Å². The molecule has 1 N–H and O–H groups in total. The van der Waals surface area contributed by atoms with Crippen LogP contribution in [-0.4, -0.2) is 37.2 Å². The standard InChI is InChI=1S/C20H21F3N2O3/c1-25-9-7-17(8-10-25)27-18-12-14(20(21,22)23)11-15(13-18)24-19(26)28-16-5-3-2-4-6-16/h2-6,11-13,17H,7-10H2,1H3,(H,24,26). The van der Waals surface area contributed by atoms with E-state index in [1.165, 1.54) is 6.07 Å². The van der Waals surface area contributed by atoms with Crippen molar-refractivity contribution in [3.05, 3.63) is 54.1 Å². The van der Waals surface area contributed by atoms with Gasteiger partial charge in [0, 0.05) is 24.8 Å². The number of hydrogen-bond acceptors (Lipinski definition) is 4. The molecular formula is C20H21F3N2O3.